The van der Waals surface area contributed by atoms with E-state index >= 15 is 0 Å². The van der Waals surface area contributed by atoms with Crippen LogP contribution in [0.15, 0.2) is 0 Å². The fourth-order valence-electron chi connectivity index (χ4n) is 0.817. The molecule has 14 heavy (non-hydrogen) atoms. The molecule has 0 rings (SSSR count). The first-order valence-corrected chi connectivity index (χ1v) is 4.46. The van der Waals surface area contributed by atoms with E-state index in [0.717, 1.165) is 0 Å². The monoisotopic (exact) mass is 223 g/mol. The number of carboxylic acid groups (broad SMARTS) is 1. The van der Waals surface area contributed by atoms with Gasteiger partial charge in [0.2, 0.25) is 0 Å². The first kappa shape index (κ1) is 15.6. The summed E-state index contributed by atoms with van der Waals surface area (Å²) in [6.45, 7) is 0.582. The Morgan fingerprint density at radius 2 is 2.14 bits per heavy atom. The van der Waals surface area contributed by atoms with Crippen LogP contribution in [0.4, 0.5) is 0 Å². The van der Waals surface area contributed by atoms with Crippen molar-refractivity contribution >= 4 is 21.3 Å². The van der Waals surface area contributed by atoms with Crippen molar-refractivity contribution in [2.45, 2.75) is 26.3 Å². The predicted molar refractivity (Wildman–Crippen MR) is 59.4 cm³/mol. The minimum Gasteiger partial charge on any atom is -0.480 e. The third-order valence-corrected chi connectivity index (χ3v) is 1.90. The molecule has 0 bridgehead atoms. The lowest BCUT2D eigenvalue weighted by Gasteiger charge is -2.08. The number of aliphatic carboxylic acids is 1. The highest BCUT2D eigenvalue weighted by molar-refractivity contribution is 7.13. The molecule has 0 aliphatic rings. The van der Waals surface area contributed by atoms with Gasteiger partial charge in [0.15, 0.2) is 0 Å². The van der Waals surface area contributed by atoms with E-state index in [-0.39, 0.29) is 13.4 Å². The van der Waals surface area contributed by atoms with Crippen molar-refractivity contribution in [3.8, 4) is 0 Å². The number of hydrogen-bond acceptors (Lipinski definition) is 2. The summed E-state index contributed by atoms with van der Waals surface area (Å²) in [6.07, 6.45) is 1.22. The molecule has 0 heterocycles. The Kier molecular flexibility index (Phi) is 9.71. The van der Waals surface area contributed by atoms with Gasteiger partial charge in [0, 0.05) is 0 Å². The van der Waals surface area contributed by atoms with Gasteiger partial charge in [0.25, 0.3) is 0 Å². The molecule has 0 aromatic heterocycles. The van der Waals surface area contributed by atoms with Crippen molar-refractivity contribution in [3.05, 3.63) is 0 Å². The van der Waals surface area contributed by atoms with Crippen LogP contribution in [0.1, 0.15) is 20.3 Å². The van der Waals surface area contributed by atoms with E-state index < -0.39 is 12.0 Å². The van der Waals surface area contributed by atoms with Crippen molar-refractivity contribution in [2.24, 2.45) is 11.5 Å². The topological polar surface area (TPSA) is 115 Å². The van der Waals surface area contributed by atoms with Gasteiger partial charge in [0.05, 0.1) is 6.54 Å². The van der Waals surface area contributed by atoms with Gasteiger partial charge in [0.1, 0.15) is 6.04 Å². The second-order valence-corrected chi connectivity index (χ2v) is 2.92. The largest absolute Gasteiger partial charge is 0.480 e. The second kappa shape index (κ2) is 8.72. The first-order valence-electron chi connectivity index (χ1n) is 3.88. The van der Waals surface area contributed by atoms with Crippen LogP contribution < -0.4 is 21.5 Å². The molecular formula is C7H20N4O2P+. The molecule has 2 atom stereocenters. The Morgan fingerprint density at radius 1 is 1.57 bits per heavy atom. The Labute approximate surface area is 86.4 Å². The third kappa shape index (κ3) is 7.76. The Morgan fingerprint density at radius 3 is 2.50 bits per heavy atom. The SMILES string of the molecule is C.NC(N)=[NH+]CCCC(NP)C(=O)O. The standard InChI is InChI=1S/C6H15N4O2P.CH4/c7-6(8)9-3-1-2-4(10-13)5(11)12;/h4,10H,1-3,13H2,(H,11,12)(H4,7,8,9);1H4/p+1. The maximum atomic E-state index is 10.5. The van der Waals surface area contributed by atoms with Crippen molar-refractivity contribution in [3.63, 3.8) is 0 Å². The van der Waals surface area contributed by atoms with Crippen LogP contribution in [-0.2, 0) is 4.79 Å². The highest BCUT2D eigenvalue weighted by Gasteiger charge is 2.13. The summed E-state index contributed by atoms with van der Waals surface area (Å²) in [4.78, 5) is 13.2. The lowest BCUT2D eigenvalue weighted by atomic mass is 10.2. The minimum atomic E-state index is -0.861. The third-order valence-electron chi connectivity index (χ3n) is 1.50. The fraction of sp³-hybridized carbons (Fsp3) is 0.714. The molecule has 0 aliphatic heterocycles. The zero-order chi connectivity index (χ0) is 10.3. The van der Waals surface area contributed by atoms with Gasteiger partial charge in [-0.2, -0.15) is 0 Å². The van der Waals surface area contributed by atoms with Crippen LogP contribution in [0.25, 0.3) is 0 Å². The molecule has 6 nitrogen and oxygen atoms in total. The molecule has 7 heteroatoms. The Balaban J connectivity index is 0. The number of guanidine groups is 1. The van der Waals surface area contributed by atoms with Crippen molar-refractivity contribution in [2.75, 3.05) is 6.54 Å². The van der Waals surface area contributed by atoms with Gasteiger partial charge < -0.3 is 5.11 Å². The van der Waals surface area contributed by atoms with Crippen LogP contribution >= 0.6 is 9.39 Å². The molecule has 0 saturated carbocycles. The normalized spacial score (nSPS) is 11.2. The Bertz CT molecular complexity index is 194. The molecular weight excluding hydrogens is 203 g/mol. The number of hydrogen-bond donors (Lipinski definition) is 5. The van der Waals surface area contributed by atoms with Crippen molar-refractivity contribution < 1.29 is 14.9 Å². The van der Waals surface area contributed by atoms with E-state index in [2.05, 4.69) is 19.5 Å². The van der Waals surface area contributed by atoms with E-state index in [1.165, 1.54) is 0 Å². The van der Waals surface area contributed by atoms with Gasteiger partial charge in [-0.15, -0.1) is 0 Å². The summed E-state index contributed by atoms with van der Waals surface area (Å²) < 4.78 is 0. The maximum absolute atomic E-state index is 10.5. The van der Waals surface area contributed by atoms with Crippen LogP contribution in [0, 0.1) is 0 Å². The number of rotatable bonds is 6. The summed E-state index contributed by atoms with van der Waals surface area (Å²) in [5.41, 5.74) is 10.3. The first-order chi connectivity index (χ1) is 6.07. The van der Waals surface area contributed by atoms with E-state index in [0.29, 0.717) is 19.4 Å². The van der Waals surface area contributed by atoms with Gasteiger partial charge >= 0.3 is 11.9 Å². The second-order valence-electron chi connectivity index (χ2n) is 2.58. The van der Waals surface area contributed by atoms with Crippen LogP contribution in [0.5, 0.6) is 0 Å². The van der Waals surface area contributed by atoms with Crippen molar-refractivity contribution in [1.29, 1.82) is 0 Å². The molecule has 0 saturated heterocycles. The number of carbonyl (C=O) groups is 1. The van der Waals surface area contributed by atoms with E-state index in [1.807, 2.05) is 0 Å². The quantitative estimate of drug-likeness (QED) is 0.149. The minimum absolute atomic E-state index is 0. The van der Waals surface area contributed by atoms with E-state index in [1.54, 1.807) is 0 Å². The zero-order valence-electron chi connectivity index (χ0n) is 7.29. The number of carboxylic acids is 1. The molecule has 0 amide bonds. The van der Waals surface area contributed by atoms with E-state index in [4.69, 9.17) is 16.6 Å². The van der Waals surface area contributed by atoms with E-state index in [9.17, 15) is 4.79 Å². The lowest BCUT2D eigenvalue weighted by molar-refractivity contribution is -0.459. The number of nitrogens with two attached hydrogens (primary N) is 2. The van der Waals surface area contributed by atoms with Crippen LogP contribution in [-0.4, -0.2) is 29.6 Å². The van der Waals surface area contributed by atoms with Gasteiger partial charge in [-0.05, 0) is 12.8 Å². The summed E-state index contributed by atoms with van der Waals surface area (Å²) in [7, 11) is 2.19. The molecule has 0 aromatic carbocycles. The average molecular weight is 223 g/mol. The number of nitrogens with one attached hydrogen (secondary N) is 2. The maximum Gasteiger partial charge on any atom is 0.338 e. The molecule has 0 fully saturated rings. The molecule has 84 valence electrons. The zero-order valence-corrected chi connectivity index (χ0v) is 8.44. The summed E-state index contributed by atoms with van der Waals surface area (Å²) in [5, 5.41) is 11.2. The van der Waals surface area contributed by atoms with Crippen LogP contribution in [0.2, 0.25) is 0 Å². The summed E-state index contributed by atoms with van der Waals surface area (Å²) >= 11 is 0. The molecule has 7 N–H and O–H groups in total. The average Bonchev–Trinajstić information content (AvgIpc) is 2.03. The fourth-order valence-corrected chi connectivity index (χ4v) is 1.13. The highest BCUT2D eigenvalue weighted by Crippen LogP contribution is 1.97. The molecule has 0 spiro atoms. The highest BCUT2D eigenvalue weighted by atomic mass is 31.0. The lowest BCUT2D eigenvalue weighted by Crippen LogP contribution is -2.78. The summed E-state index contributed by atoms with van der Waals surface area (Å²) in [6, 6.07) is -0.536. The van der Waals surface area contributed by atoms with Gasteiger partial charge in [-0.25, -0.2) is 0 Å². The smallest absolute Gasteiger partial charge is 0.338 e. The molecule has 0 aromatic rings. The molecule has 2 unspecified atom stereocenters. The van der Waals surface area contributed by atoms with Crippen LogP contribution in [0.3, 0.4) is 0 Å². The van der Waals surface area contributed by atoms with Gasteiger partial charge in [-0.3, -0.25) is 26.3 Å². The Hall–Kier alpha value is -0.870. The summed E-state index contributed by atoms with van der Waals surface area (Å²) in [5.74, 6) is -0.703. The predicted octanol–water partition coefficient (Wildman–Crippen LogP) is -2.41. The molecule has 0 radical (unpaired) electrons. The van der Waals surface area contributed by atoms with Crippen molar-refractivity contribution in [1.82, 2.24) is 5.09 Å². The van der Waals surface area contributed by atoms with Gasteiger partial charge in [-0.1, -0.05) is 16.8 Å². The molecule has 0 aliphatic carbocycles.